The third-order valence-corrected chi connectivity index (χ3v) is 2.84. The van der Waals surface area contributed by atoms with Crippen LogP contribution in [0.1, 0.15) is 0 Å². The molecule has 0 aliphatic heterocycles. The van der Waals surface area contributed by atoms with E-state index in [0.29, 0.717) is 16.5 Å². The molecule has 6 heteroatoms. The molecule has 0 saturated carbocycles. The van der Waals surface area contributed by atoms with Crippen LogP contribution in [0.15, 0.2) is 46.6 Å². The second-order valence-corrected chi connectivity index (χ2v) is 4.50. The Hall–Kier alpha value is -1.78. The fourth-order valence-corrected chi connectivity index (χ4v) is 1.90. The molecule has 0 fully saturated rings. The lowest BCUT2D eigenvalue weighted by Crippen LogP contribution is -1.79. The third-order valence-electron chi connectivity index (χ3n) is 2.33. The van der Waals surface area contributed by atoms with Crippen LogP contribution >= 0.6 is 23.2 Å². The molecule has 0 radical (unpaired) electrons. The molecular formula is C13H10Cl2N2O2. The predicted octanol–water partition coefficient (Wildman–Crippen LogP) is 5.12. The Kier molecular flexibility index (Phi) is 4.24. The maximum Gasteiger partial charge on any atom is 0.161 e. The Balaban J connectivity index is 2.32. The van der Waals surface area contributed by atoms with E-state index >= 15 is 0 Å². The highest BCUT2D eigenvalue weighted by atomic mass is 35.5. The number of aromatic hydroxyl groups is 1. The first kappa shape index (κ1) is 13.6. The van der Waals surface area contributed by atoms with Crippen molar-refractivity contribution >= 4 is 34.6 Å². The van der Waals surface area contributed by atoms with Crippen LogP contribution in [-0.4, -0.2) is 12.2 Å². The first-order valence-electron chi connectivity index (χ1n) is 5.34. The average molecular weight is 297 g/mol. The summed E-state index contributed by atoms with van der Waals surface area (Å²) in [6.45, 7) is 0. The van der Waals surface area contributed by atoms with Crippen molar-refractivity contribution in [2.24, 2.45) is 10.2 Å². The smallest absolute Gasteiger partial charge is 0.161 e. The Morgan fingerprint density at radius 1 is 1.11 bits per heavy atom. The molecule has 0 unspecified atom stereocenters. The van der Waals surface area contributed by atoms with E-state index < -0.39 is 0 Å². The van der Waals surface area contributed by atoms with Gasteiger partial charge in [-0.15, -0.1) is 5.11 Å². The quantitative estimate of drug-likeness (QED) is 0.799. The Morgan fingerprint density at radius 2 is 1.89 bits per heavy atom. The van der Waals surface area contributed by atoms with Crippen LogP contribution in [0, 0.1) is 0 Å². The van der Waals surface area contributed by atoms with Crippen LogP contribution in [0.5, 0.6) is 11.5 Å². The number of rotatable bonds is 3. The second-order valence-electron chi connectivity index (χ2n) is 3.66. The minimum atomic E-state index is -0.155. The van der Waals surface area contributed by atoms with Crippen LogP contribution in [0.4, 0.5) is 11.4 Å². The molecule has 0 heterocycles. The summed E-state index contributed by atoms with van der Waals surface area (Å²) in [6.07, 6.45) is 0. The van der Waals surface area contributed by atoms with Gasteiger partial charge in [0, 0.05) is 11.1 Å². The SMILES string of the molecule is COc1cccc(N=Nc2cc(Cl)cc(Cl)c2O)c1. The molecule has 0 spiro atoms. The molecule has 2 aromatic carbocycles. The number of hydrogen-bond acceptors (Lipinski definition) is 4. The topological polar surface area (TPSA) is 54.2 Å². The van der Waals surface area contributed by atoms with Crippen LogP contribution in [0.2, 0.25) is 10.0 Å². The molecular weight excluding hydrogens is 287 g/mol. The molecule has 0 aromatic heterocycles. The number of benzene rings is 2. The van der Waals surface area contributed by atoms with E-state index in [0.717, 1.165) is 0 Å². The molecule has 0 saturated heterocycles. The van der Waals surface area contributed by atoms with Crippen LogP contribution in [-0.2, 0) is 0 Å². The van der Waals surface area contributed by atoms with Crippen molar-refractivity contribution in [3.63, 3.8) is 0 Å². The maximum atomic E-state index is 9.73. The van der Waals surface area contributed by atoms with Crippen LogP contribution in [0.3, 0.4) is 0 Å². The van der Waals surface area contributed by atoms with E-state index in [1.807, 2.05) is 0 Å². The largest absolute Gasteiger partial charge is 0.504 e. The van der Waals surface area contributed by atoms with Crippen molar-refractivity contribution in [1.82, 2.24) is 0 Å². The zero-order valence-electron chi connectivity index (χ0n) is 9.97. The minimum absolute atomic E-state index is 0.132. The predicted molar refractivity (Wildman–Crippen MR) is 75.3 cm³/mol. The van der Waals surface area contributed by atoms with Crippen molar-refractivity contribution in [2.45, 2.75) is 0 Å². The Morgan fingerprint density at radius 3 is 2.63 bits per heavy atom. The molecule has 19 heavy (non-hydrogen) atoms. The first-order valence-corrected chi connectivity index (χ1v) is 6.09. The molecule has 1 N–H and O–H groups in total. The van der Waals surface area contributed by atoms with Crippen molar-refractivity contribution < 1.29 is 9.84 Å². The zero-order valence-corrected chi connectivity index (χ0v) is 11.5. The van der Waals surface area contributed by atoms with Gasteiger partial charge < -0.3 is 9.84 Å². The van der Waals surface area contributed by atoms with Crippen molar-refractivity contribution in [3.8, 4) is 11.5 Å². The van der Waals surface area contributed by atoms with Gasteiger partial charge in [-0.1, -0.05) is 29.3 Å². The van der Waals surface area contributed by atoms with Gasteiger partial charge in [0.2, 0.25) is 0 Å². The summed E-state index contributed by atoms with van der Waals surface area (Å²) >= 11 is 11.6. The summed E-state index contributed by atoms with van der Waals surface area (Å²) in [5.41, 5.74) is 0.801. The van der Waals surface area contributed by atoms with E-state index in [1.165, 1.54) is 12.1 Å². The van der Waals surface area contributed by atoms with Crippen LogP contribution < -0.4 is 4.74 Å². The average Bonchev–Trinajstić information content (AvgIpc) is 2.41. The molecule has 0 atom stereocenters. The van der Waals surface area contributed by atoms with Crippen molar-refractivity contribution in [2.75, 3.05) is 7.11 Å². The van der Waals surface area contributed by atoms with Gasteiger partial charge >= 0.3 is 0 Å². The zero-order chi connectivity index (χ0) is 13.8. The van der Waals surface area contributed by atoms with E-state index in [4.69, 9.17) is 27.9 Å². The summed E-state index contributed by atoms with van der Waals surface area (Å²) in [4.78, 5) is 0. The highest BCUT2D eigenvalue weighted by Gasteiger charge is 2.07. The van der Waals surface area contributed by atoms with E-state index in [9.17, 15) is 5.11 Å². The normalized spacial score (nSPS) is 10.9. The van der Waals surface area contributed by atoms with Crippen molar-refractivity contribution in [1.29, 1.82) is 0 Å². The fraction of sp³-hybridized carbons (Fsp3) is 0.0769. The molecule has 2 rings (SSSR count). The summed E-state index contributed by atoms with van der Waals surface area (Å²) in [5, 5.41) is 18.2. The molecule has 98 valence electrons. The lowest BCUT2D eigenvalue weighted by molar-refractivity contribution is 0.415. The van der Waals surface area contributed by atoms with Gasteiger partial charge in [0.15, 0.2) is 5.75 Å². The fourth-order valence-electron chi connectivity index (χ4n) is 1.41. The van der Waals surface area contributed by atoms with Gasteiger partial charge in [-0.05, 0) is 24.3 Å². The highest BCUT2D eigenvalue weighted by molar-refractivity contribution is 6.36. The molecule has 0 amide bonds. The van der Waals surface area contributed by atoms with Gasteiger partial charge in [-0.2, -0.15) is 5.11 Å². The molecule has 2 aromatic rings. The van der Waals surface area contributed by atoms with E-state index in [-0.39, 0.29) is 16.5 Å². The number of azo groups is 1. The highest BCUT2D eigenvalue weighted by Crippen LogP contribution is 2.37. The van der Waals surface area contributed by atoms with E-state index in [2.05, 4.69) is 10.2 Å². The lowest BCUT2D eigenvalue weighted by atomic mass is 10.3. The number of halogens is 2. The van der Waals surface area contributed by atoms with Gasteiger partial charge in [-0.3, -0.25) is 0 Å². The Labute approximate surface area is 120 Å². The lowest BCUT2D eigenvalue weighted by Gasteiger charge is -2.02. The third kappa shape index (κ3) is 3.36. The minimum Gasteiger partial charge on any atom is -0.504 e. The summed E-state index contributed by atoms with van der Waals surface area (Å²) in [5.74, 6) is 0.516. The number of nitrogens with zero attached hydrogens (tertiary/aromatic N) is 2. The Bertz CT molecular complexity index is 630. The molecule has 4 nitrogen and oxygen atoms in total. The molecule has 0 aliphatic rings. The number of phenols is 1. The second kappa shape index (κ2) is 5.91. The van der Waals surface area contributed by atoms with Gasteiger partial charge in [-0.25, -0.2) is 0 Å². The van der Waals surface area contributed by atoms with Gasteiger partial charge in [0.1, 0.15) is 11.4 Å². The summed E-state index contributed by atoms with van der Waals surface area (Å²) in [7, 11) is 1.57. The number of hydrogen-bond donors (Lipinski definition) is 1. The molecule has 0 bridgehead atoms. The number of ether oxygens (including phenoxy) is 1. The maximum absolute atomic E-state index is 9.73. The monoisotopic (exact) mass is 296 g/mol. The van der Waals surface area contributed by atoms with Crippen molar-refractivity contribution in [3.05, 3.63) is 46.4 Å². The first-order chi connectivity index (χ1) is 9.10. The number of methoxy groups -OCH3 is 1. The summed E-state index contributed by atoms with van der Waals surface area (Å²) < 4.78 is 5.08. The standard InChI is InChI=1S/C13H10Cl2N2O2/c1-19-10-4-2-3-9(7-10)16-17-12-6-8(14)5-11(15)13(12)18/h2-7,18H,1H3. The van der Waals surface area contributed by atoms with Gasteiger partial charge in [0.05, 0.1) is 17.8 Å². The number of phenolic OH excluding ortho intramolecular Hbond substituents is 1. The summed E-state index contributed by atoms with van der Waals surface area (Å²) in [6, 6.07) is 9.97. The molecule has 0 aliphatic carbocycles. The van der Waals surface area contributed by atoms with Gasteiger partial charge in [0.25, 0.3) is 0 Å². The van der Waals surface area contributed by atoms with Crippen LogP contribution in [0.25, 0.3) is 0 Å². The van der Waals surface area contributed by atoms with E-state index in [1.54, 1.807) is 31.4 Å².